The third-order valence-corrected chi connectivity index (χ3v) is 6.47. The molecule has 2 fully saturated rings. The fourth-order valence-corrected chi connectivity index (χ4v) is 4.83. The smallest absolute Gasteiger partial charge is 0.230 e. The van der Waals surface area contributed by atoms with E-state index in [0.717, 1.165) is 51.3 Å². The van der Waals surface area contributed by atoms with Gasteiger partial charge >= 0.3 is 0 Å². The molecule has 1 amide bonds. The first-order valence-electron chi connectivity index (χ1n) is 11.0. The van der Waals surface area contributed by atoms with Gasteiger partial charge in [-0.25, -0.2) is 0 Å². The van der Waals surface area contributed by atoms with Crippen LogP contribution < -0.4 is 10.6 Å². The summed E-state index contributed by atoms with van der Waals surface area (Å²) >= 11 is 0. The number of hydrogen-bond acceptors (Lipinski definition) is 3. The second kappa shape index (κ2) is 10.1. The Morgan fingerprint density at radius 2 is 1.90 bits per heavy atom. The van der Waals surface area contributed by atoms with E-state index in [0.29, 0.717) is 12.6 Å². The van der Waals surface area contributed by atoms with Gasteiger partial charge in [0.2, 0.25) is 5.91 Å². The van der Waals surface area contributed by atoms with E-state index in [1.807, 2.05) is 14.1 Å². The highest BCUT2D eigenvalue weighted by molar-refractivity contribution is 5.85. The molecule has 160 valence electrons. The van der Waals surface area contributed by atoms with Crippen LogP contribution in [0.25, 0.3) is 0 Å². The van der Waals surface area contributed by atoms with Crippen LogP contribution in [0, 0.1) is 5.41 Å². The molecule has 1 aromatic carbocycles. The first-order chi connectivity index (χ1) is 14.0. The van der Waals surface area contributed by atoms with Crippen molar-refractivity contribution in [2.24, 2.45) is 10.4 Å². The zero-order chi connectivity index (χ0) is 20.7. The Kier molecular flexibility index (Phi) is 7.53. The standard InChI is InChI=1S/C23H37N5O/c1-24-22(26-18-23(13-7-8-14-23)21(29)27(2)3)25-16-20-12-9-15-28(20)17-19-10-5-4-6-11-19/h4-6,10-11,20H,7-9,12-18H2,1-3H3,(H2,24,25,26). The van der Waals surface area contributed by atoms with E-state index in [4.69, 9.17) is 0 Å². The van der Waals surface area contributed by atoms with Crippen molar-refractivity contribution in [3.63, 3.8) is 0 Å². The summed E-state index contributed by atoms with van der Waals surface area (Å²) in [5, 5.41) is 6.96. The average molecular weight is 400 g/mol. The van der Waals surface area contributed by atoms with Crippen LogP contribution in [-0.2, 0) is 11.3 Å². The first kappa shape index (κ1) is 21.6. The van der Waals surface area contributed by atoms with Crippen molar-refractivity contribution in [2.45, 2.75) is 51.1 Å². The molecule has 6 nitrogen and oxygen atoms in total. The fourth-order valence-electron chi connectivity index (χ4n) is 4.83. The van der Waals surface area contributed by atoms with Crippen LogP contribution in [0.4, 0.5) is 0 Å². The van der Waals surface area contributed by atoms with Gasteiger partial charge in [-0.1, -0.05) is 43.2 Å². The van der Waals surface area contributed by atoms with Crippen LogP contribution >= 0.6 is 0 Å². The Labute approximate surface area is 175 Å². The average Bonchev–Trinajstić information content (AvgIpc) is 3.38. The van der Waals surface area contributed by atoms with Gasteiger partial charge in [-0.15, -0.1) is 0 Å². The number of nitrogens with zero attached hydrogens (tertiary/aromatic N) is 3. The summed E-state index contributed by atoms with van der Waals surface area (Å²) in [5.74, 6) is 1.04. The number of amides is 1. The summed E-state index contributed by atoms with van der Waals surface area (Å²) in [4.78, 5) is 21.5. The summed E-state index contributed by atoms with van der Waals surface area (Å²) in [7, 11) is 5.52. The highest BCUT2D eigenvalue weighted by atomic mass is 16.2. The van der Waals surface area contributed by atoms with E-state index in [2.05, 4.69) is 50.9 Å². The minimum absolute atomic E-state index is 0.239. The Bertz CT molecular complexity index is 682. The second-order valence-corrected chi connectivity index (χ2v) is 8.75. The molecule has 1 aliphatic carbocycles. The summed E-state index contributed by atoms with van der Waals surface area (Å²) < 4.78 is 0. The van der Waals surface area contributed by atoms with E-state index in [9.17, 15) is 4.79 Å². The van der Waals surface area contributed by atoms with Crippen LogP contribution in [0.1, 0.15) is 44.1 Å². The molecule has 2 aliphatic rings. The molecule has 2 N–H and O–H groups in total. The number of aliphatic imine (C=N–C) groups is 1. The Morgan fingerprint density at radius 1 is 1.17 bits per heavy atom. The Morgan fingerprint density at radius 3 is 2.55 bits per heavy atom. The van der Waals surface area contributed by atoms with Crippen molar-refractivity contribution in [1.82, 2.24) is 20.4 Å². The topological polar surface area (TPSA) is 60.0 Å². The predicted molar refractivity (Wildman–Crippen MR) is 119 cm³/mol. The monoisotopic (exact) mass is 399 g/mol. The number of carbonyl (C=O) groups is 1. The number of carbonyl (C=O) groups excluding carboxylic acids is 1. The van der Waals surface area contributed by atoms with Gasteiger partial charge in [-0.2, -0.15) is 0 Å². The van der Waals surface area contributed by atoms with Gasteiger partial charge in [0.1, 0.15) is 0 Å². The number of nitrogens with one attached hydrogen (secondary N) is 2. The maximum atomic E-state index is 12.8. The van der Waals surface area contributed by atoms with E-state index in [1.165, 1.54) is 18.4 Å². The maximum absolute atomic E-state index is 12.8. The Balaban J connectivity index is 1.51. The molecular formula is C23H37N5O. The molecule has 3 rings (SSSR count). The van der Waals surface area contributed by atoms with Crippen molar-refractivity contribution in [3.05, 3.63) is 35.9 Å². The number of rotatable bonds is 7. The van der Waals surface area contributed by atoms with Gasteiger partial charge < -0.3 is 15.5 Å². The number of hydrogen-bond donors (Lipinski definition) is 2. The van der Waals surface area contributed by atoms with Crippen molar-refractivity contribution in [3.8, 4) is 0 Å². The molecule has 0 aromatic heterocycles. The van der Waals surface area contributed by atoms with Crippen molar-refractivity contribution >= 4 is 11.9 Å². The van der Waals surface area contributed by atoms with Gasteiger partial charge in [0.05, 0.1) is 5.41 Å². The third-order valence-electron chi connectivity index (χ3n) is 6.47. The molecule has 0 radical (unpaired) electrons. The molecule has 0 bridgehead atoms. The molecule has 1 atom stereocenters. The van der Waals surface area contributed by atoms with Gasteiger partial charge in [0.25, 0.3) is 0 Å². The van der Waals surface area contributed by atoms with Crippen LogP contribution in [-0.4, -0.2) is 68.5 Å². The molecule has 1 unspecified atom stereocenters. The molecule has 1 saturated carbocycles. The maximum Gasteiger partial charge on any atom is 0.230 e. The Hall–Kier alpha value is -2.08. The van der Waals surface area contributed by atoms with Gasteiger partial charge in [-0.3, -0.25) is 14.7 Å². The largest absolute Gasteiger partial charge is 0.355 e. The lowest BCUT2D eigenvalue weighted by Crippen LogP contribution is -2.50. The predicted octanol–water partition coefficient (Wildman–Crippen LogP) is 2.46. The summed E-state index contributed by atoms with van der Waals surface area (Å²) in [5.41, 5.74) is 1.08. The van der Waals surface area contributed by atoms with Gasteiger partial charge in [0.15, 0.2) is 5.96 Å². The second-order valence-electron chi connectivity index (χ2n) is 8.75. The molecule has 1 aliphatic heterocycles. The van der Waals surface area contributed by atoms with E-state index in [1.54, 1.807) is 11.9 Å². The van der Waals surface area contributed by atoms with Gasteiger partial charge in [0, 0.05) is 46.8 Å². The minimum Gasteiger partial charge on any atom is -0.355 e. The lowest BCUT2D eigenvalue weighted by atomic mass is 9.84. The number of likely N-dealkylation sites (tertiary alicyclic amines) is 1. The summed E-state index contributed by atoms with van der Waals surface area (Å²) in [6, 6.07) is 11.2. The zero-order valence-electron chi connectivity index (χ0n) is 18.3. The number of benzene rings is 1. The molecular weight excluding hydrogens is 362 g/mol. The van der Waals surface area contributed by atoms with Crippen LogP contribution in [0.15, 0.2) is 35.3 Å². The highest BCUT2D eigenvalue weighted by Crippen LogP contribution is 2.38. The highest BCUT2D eigenvalue weighted by Gasteiger charge is 2.42. The fraction of sp³-hybridized carbons (Fsp3) is 0.652. The van der Waals surface area contributed by atoms with E-state index >= 15 is 0 Å². The molecule has 1 heterocycles. The SMILES string of the molecule is CN=C(NCC1CCCN1Cc1ccccc1)NCC1(C(=O)N(C)C)CCCC1. The normalized spacial score (nSPS) is 21.9. The number of guanidine groups is 1. The third kappa shape index (κ3) is 5.50. The van der Waals surface area contributed by atoms with E-state index in [-0.39, 0.29) is 11.3 Å². The lowest BCUT2D eigenvalue weighted by molar-refractivity contribution is -0.138. The quantitative estimate of drug-likeness (QED) is 0.546. The van der Waals surface area contributed by atoms with Crippen LogP contribution in [0.5, 0.6) is 0 Å². The summed E-state index contributed by atoms with van der Waals surface area (Å²) in [6.07, 6.45) is 6.63. The molecule has 29 heavy (non-hydrogen) atoms. The van der Waals surface area contributed by atoms with E-state index < -0.39 is 0 Å². The molecule has 0 spiro atoms. The van der Waals surface area contributed by atoms with Crippen molar-refractivity contribution in [1.29, 1.82) is 0 Å². The molecule has 1 aromatic rings. The van der Waals surface area contributed by atoms with Crippen LogP contribution in [0.3, 0.4) is 0 Å². The van der Waals surface area contributed by atoms with Crippen LogP contribution in [0.2, 0.25) is 0 Å². The van der Waals surface area contributed by atoms with Crippen molar-refractivity contribution in [2.75, 3.05) is 40.8 Å². The first-order valence-corrected chi connectivity index (χ1v) is 11.0. The molecule has 6 heteroatoms. The van der Waals surface area contributed by atoms with Crippen molar-refractivity contribution < 1.29 is 4.79 Å². The lowest BCUT2D eigenvalue weighted by Gasteiger charge is -2.32. The summed E-state index contributed by atoms with van der Waals surface area (Å²) in [6.45, 7) is 3.68. The van der Waals surface area contributed by atoms with Gasteiger partial charge in [-0.05, 0) is 37.8 Å². The molecule has 1 saturated heterocycles. The zero-order valence-corrected chi connectivity index (χ0v) is 18.3. The minimum atomic E-state index is -0.284.